The van der Waals surface area contributed by atoms with Gasteiger partial charge >= 0.3 is 0 Å². The smallest absolute Gasteiger partial charge is 0.194 e. The Morgan fingerprint density at radius 2 is 1.62 bits per heavy atom. The minimum Gasteiger partial charge on any atom is -0.194 e. The van der Waals surface area contributed by atoms with E-state index in [1.807, 2.05) is 12.1 Å². The van der Waals surface area contributed by atoms with E-state index in [-0.39, 0.29) is 5.54 Å². The van der Waals surface area contributed by atoms with Gasteiger partial charge in [0.2, 0.25) is 16.9 Å². The van der Waals surface area contributed by atoms with E-state index in [1.165, 1.54) is 39.2 Å². The lowest BCUT2D eigenvalue weighted by atomic mass is 9.56. The van der Waals surface area contributed by atoms with Crippen LogP contribution in [0, 0.1) is 18.3 Å². The molecule has 0 N–H and O–H groups in total. The fraction of sp³-hybridized carbons (Fsp3) is 0.162. The molecule has 3 nitrogen and oxygen atoms in total. The Kier molecular flexibility index (Phi) is 4.97. The van der Waals surface area contributed by atoms with Crippen LogP contribution in [0.3, 0.4) is 0 Å². The maximum atomic E-state index is 10.0. The molecule has 3 atom stereocenters. The van der Waals surface area contributed by atoms with E-state index in [4.69, 9.17) is 0 Å². The van der Waals surface area contributed by atoms with Gasteiger partial charge in [0.1, 0.15) is 5.92 Å². The molecule has 3 aliphatic rings. The van der Waals surface area contributed by atoms with Crippen LogP contribution >= 0.6 is 0 Å². The summed E-state index contributed by atoms with van der Waals surface area (Å²) in [6, 6.07) is 37.6. The molecule has 3 unspecified atom stereocenters. The average molecular weight is 516 g/mol. The van der Waals surface area contributed by atoms with Crippen molar-refractivity contribution in [2.24, 2.45) is 0 Å². The van der Waals surface area contributed by atoms with Crippen molar-refractivity contribution < 1.29 is 9.13 Å². The number of benzene rings is 3. The van der Waals surface area contributed by atoms with Gasteiger partial charge in [-0.05, 0) is 65.9 Å². The Labute approximate surface area is 234 Å². The standard InChI is InChI=1S/C37H29N3/c1-25-24-40-34(21-32(25)26-11-3-2-4-12-26)29-16-9-13-27(23-38)28(29)17-10-19-37(40)22-35-36(37)31-15-6-5-14-30(31)33-18-7-8-20-39(33)35/h2-16,18-21,24,35-36H,17,22H2,1H3/q+2/b19-10+. The summed E-state index contributed by atoms with van der Waals surface area (Å²) < 4.78 is 5.05. The Balaban J connectivity index is 1.42. The molecule has 3 heteroatoms. The topological polar surface area (TPSA) is 31.5 Å². The second-order valence-corrected chi connectivity index (χ2v) is 11.4. The summed E-state index contributed by atoms with van der Waals surface area (Å²) >= 11 is 0. The van der Waals surface area contributed by atoms with Crippen LogP contribution in [0.2, 0.25) is 0 Å². The zero-order chi connectivity index (χ0) is 26.8. The number of nitrogens with zero attached hydrogens (tertiary/aromatic N) is 3. The van der Waals surface area contributed by atoms with Crippen LogP contribution < -0.4 is 9.13 Å². The molecule has 1 saturated carbocycles. The average Bonchev–Trinajstić information content (AvgIpc) is 2.98. The molecule has 2 aliphatic heterocycles. The second kappa shape index (κ2) is 8.60. The summed E-state index contributed by atoms with van der Waals surface area (Å²) in [4.78, 5) is 0. The molecule has 0 amide bonds. The lowest BCUT2D eigenvalue weighted by Gasteiger charge is -2.49. The van der Waals surface area contributed by atoms with Crippen molar-refractivity contribution in [3.05, 3.63) is 144 Å². The van der Waals surface area contributed by atoms with Gasteiger partial charge < -0.3 is 0 Å². The van der Waals surface area contributed by atoms with E-state index in [9.17, 15) is 5.26 Å². The summed E-state index contributed by atoms with van der Waals surface area (Å²) in [6.45, 7) is 2.23. The van der Waals surface area contributed by atoms with Crippen LogP contribution in [0.1, 0.15) is 40.6 Å². The van der Waals surface area contributed by atoms with Gasteiger partial charge in [-0.3, -0.25) is 0 Å². The first-order chi connectivity index (χ1) is 19.7. The first-order valence-corrected chi connectivity index (χ1v) is 14.1. The Hall–Kier alpha value is -4.81. The van der Waals surface area contributed by atoms with Crippen molar-refractivity contribution in [2.75, 3.05) is 0 Å². The van der Waals surface area contributed by atoms with Crippen molar-refractivity contribution >= 4 is 0 Å². The third-order valence-electron chi connectivity index (χ3n) is 9.40. The molecule has 1 spiro atoms. The molecular formula is C37H29N3+2. The first kappa shape index (κ1) is 23.1. The van der Waals surface area contributed by atoms with Crippen LogP contribution in [0.25, 0.3) is 33.6 Å². The van der Waals surface area contributed by atoms with Crippen molar-refractivity contribution in [1.82, 2.24) is 0 Å². The first-order valence-electron chi connectivity index (χ1n) is 14.1. The van der Waals surface area contributed by atoms with Crippen molar-refractivity contribution in [2.45, 2.75) is 37.3 Å². The van der Waals surface area contributed by atoms with E-state index >= 15 is 0 Å². The normalized spacial score (nSPS) is 22.2. The lowest BCUT2D eigenvalue weighted by molar-refractivity contribution is -0.816. The van der Waals surface area contributed by atoms with Crippen LogP contribution in [0.4, 0.5) is 0 Å². The molecule has 3 aromatic carbocycles. The van der Waals surface area contributed by atoms with Gasteiger partial charge in [0.05, 0.1) is 29.2 Å². The zero-order valence-electron chi connectivity index (χ0n) is 22.5. The van der Waals surface area contributed by atoms with E-state index in [0.717, 1.165) is 29.5 Å². The highest BCUT2D eigenvalue weighted by Gasteiger charge is 2.68. The van der Waals surface area contributed by atoms with Gasteiger partial charge in [-0.2, -0.15) is 14.4 Å². The summed E-state index contributed by atoms with van der Waals surface area (Å²) in [5.41, 5.74) is 11.7. The molecule has 1 fully saturated rings. The third-order valence-corrected chi connectivity index (χ3v) is 9.40. The number of aromatic nitrogens is 2. The fourth-order valence-corrected chi connectivity index (χ4v) is 7.63. The molecule has 1 aliphatic carbocycles. The zero-order valence-corrected chi connectivity index (χ0v) is 22.5. The predicted molar refractivity (Wildman–Crippen MR) is 156 cm³/mol. The Morgan fingerprint density at radius 1 is 0.825 bits per heavy atom. The van der Waals surface area contributed by atoms with Gasteiger partial charge in [-0.1, -0.05) is 60.7 Å². The minimum atomic E-state index is -0.211. The molecule has 5 aromatic rings. The van der Waals surface area contributed by atoms with Gasteiger partial charge in [-0.15, -0.1) is 0 Å². The summed E-state index contributed by atoms with van der Waals surface area (Å²) in [5, 5.41) is 10.0. The molecule has 0 radical (unpaired) electrons. The summed E-state index contributed by atoms with van der Waals surface area (Å²) in [5.74, 6) is 0.297. The number of fused-ring (bicyclic) bond motifs is 11. The molecule has 190 valence electrons. The number of allylic oxidation sites excluding steroid dienone is 2. The SMILES string of the molecule is Cc1c[n+]2c(cc1-c1ccccc1)-c1cccc(C#N)c1C/C=C/C21CC2C1c1ccccc1-c1cccc[n+]12. The van der Waals surface area contributed by atoms with Crippen LogP contribution in [-0.2, 0) is 12.0 Å². The highest BCUT2D eigenvalue weighted by Crippen LogP contribution is 2.59. The largest absolute Gasteiger partial charge is 0.214 e. The van der Waals surface area contributed by atoms with Crippen LogP contribution in [0.15, 0.2) is 122 Å². The maximum absolute atomic E-state index is 10.0. The predicted octanol–water partition coefficient (Wildman–Crippen LogP) is 6.99. The highest BCUT2D eigenvalue weighted by atomic mass is 15.2. The van der Waals surface area contributed by atoms with Gasteiger partial charge in [0, 0.05) is 23.8 Å². The number of pyridine rings is 2. The van der Waals surface area contributed by atoms with E-state index < -0.39 is 0 Å². The van der Waals surface area contributed by atoms with Crippen LogP contribution in [0.5, 0.6) is 0 Å². The highest BCUT2D eigenvalue weighted by molar-refractivity contribution is 5.74. The fourth-order valence-electron chi connectivity index (χ4n) is 7.63. The summed E-state index contributed by atoms with van der Waals surface area (Å²) in [7, 11) is 0. The minimum absolute atomic E-state index is 0.211. The van der Waals surface area contributed by atoms with Crippen molar-refractivity contribution in [1.29, 1.82) is 5.26 Å². The monoisotopic (exact) mass is 515 g/mol. The molecule has 0 bridgehead atoms. The van der Waals surface area contributed by atoms with E-state index in [2.05, 4.69) is 132 Å². The maximum Gasteiger partial charge on any atom is 0.214 e. The number of nitriles is 1. The molecular weight excluding hydrogens is 486 g/mol. The number of hydrogen-bond donors (Lipinski definition) is 0. The molecule has 2 aromatic heterocycles. The Bertz CT molecular complexity index is 1900. The number of hydrogen-bond acceptors (Lipinski definition) is 1. The quantitative estimate of drug-likeness (QED) is 0.175. The van der Waals surface area contributed by atoms with Crippen molar-refractivity contribution in [3.63, 3.8) is 0 Å². The third kappa shape index (κ3) is 3.11. The number of aryl methyl sites for hydroxylation is 1. The summed E-state index contributed by atoms with van der Waals surface area (Å²) in [6.07, 6.45) is 11.2. The Morgan fingerprint density at radius 3 is 2.50 bits per heavy atom. The molecule has 0 saturated heterocycles. The van der Waals surface area contributed by atoms with E-state index in [0.29, 0.717) is 12.0 Å². The molecule has 4 heterocycles. The van der Waals surface area contributed by atoms with Gasteiger partial charge in [-0.25, -0.2) is 0 Å². The van der Waals surface area contributed by atoms with E-state index in [1.54, 1.807) is 0 Å². The second-order valence-electron chi connectivity index (χ2n) is 11.4. The van der Waals surface area contributed by atoms with Crippen LogP contribution in [-0.4, -0.2) is 0 Å². The number of rotatable bonds is 1. The van der Waals surface area contributed by atoms with Gasteiger partial charge in [0.25, 0.3) is 0 Å². The molecule has 8 rings (SSSR count). The lowest BCUT2D eigenvalue weighted by Crippen LogP contribution is -2.73. The molecule has 40 heavy (non-hydrogen) atoms. The van der Waals surface area contributed by atoms with Gasteiger partial charge in [0.15, 0.2) is 18.4 Å². The van der Waals surface area contributed by atoms with Crippen molar-refractivity contribution in [3.8, 4) is 39.7 Å².